The third-order valence-corrected chi connectivity index (χ3v) is 3.77. The van der Waals surface area contributed by atoms with Crippen LogP contribution in [0.25, 0.3) is 0 Å². The van der Waals surface area contributed by atoms with Crippen LogP contribution in [0.1, 0.15) is 56.6 Å². The van der Waals surface area contributed by atoms with Crippen molar-refractivity contribution < 1.29 is 4.79 Å². The van der Waals surface area contributed by atoms with Gasteiger partial charge in [-0.3, -0.25) is 9.78 Å². The van der Waals surface area contributed by atoms with Crippen molar-refractivity contribution in [2.24, 2.45) is 11.8 Å². The first-order chi connectivity index (χ1) is 9.81. The largest absolute Gasteiger partial charge is 0.339 e. The summed E-state index contributed by atoms with van der Waals surface area (Å²) in [6.45, 7) is 12.1. The summed E-state index contributed by atoms with van der Waals surface area (Å²) in [5.41, 5.74) is 1.34. The van der Waals surface area contributed by atoms with Crippen molar-refractivity contribution in [2.75, 3.05) is 13.1 Å². The zero-order valence-electron chi connectivity index (χ0n) is 13.8. The van der Waals surface area contributed by atoms with E-state index in [-0.39, 0.29) is 5.91 Å². The molecule has 0 N–H and O–H groups in total. The highest BCUT2D eigenvalue weighted by molar-refractivity contribution is 6.33. The molecule has 1 amide bonds. The molecule has 0 aromatic carbocycles. The number of carbonyl (C=O) groups excluding carboxylic acids is 1. The number of pyridine rings is 1. The molecule has 1 heterocycles. The van der Waals surface area contributed by atoms with Gasteiger partial charge < -0.3 is 4.90 Å². The van der Waals surface area contributed by atoms with E-state index < -0.39 is 0 Å². The fraction of sp³-hybridized carbons (Fsp3) is 0.647. The highest BCUT2D eigenvalue weighted by Gasteiger charge is 2.19. The van der Waals surface area contributed by atoms with Crippen LogP contribution in [-0.4, -0.2) is 28.9 Å². The van der Waals surface area contributed by atoms with Crippen molar-refractivity contribution >= 4 is 17.5 Å². The van der Waals surface area contributed by atoms with Crippen LogP contribution in [0.15, 0.2) is 12.3 Å². The van der Waals surface area contributed by atoms with Crippen molar-refractivity contribution in [3.63, 3.8) is 0 Å². The molecule has 0 aliphatic rings. The molecule has 1 aromatic rings. The summed E-state index contributed by atoms with van der Waals surface area (Å²) in [6, 6.07) is 1.75. The average molecular weight is 311 g/mol. The lowest BCUT2D eigenvalue weighted by Gasteiger charge is -2.25. The summed E-state index contributed by atoms with van der Waals surface area (Å²) < 4.78 is 0. The van der Waals surface area contributed by atoms with E-state index in [0.29, 0.717) is 22.4 Å². The quantitative estimate of drug-likeness (QED) is 0.738. The van der Waals surface area contributed by atoms with Crippen LogP contribution in [0, 0.1) is 18.8 Å². The number of carbonyl (C=O) groups is 1. The van der Waals surface area contributed by atoms with E-state index in [1.807, 2.05) is 11.8 Å². The van der Waals surface area contributed by atoms with Crippen molar-refractivity contribution in [3.8, 4) is 0 Å². The van der Waals surface area contributed by atoms with Gasteiger partial charge in [0.2, 0.25) is 0 Å². The van der Waals surface area contributed by atoms with Crippen LogP contribution in [0.4, 0.5) is 0 Å². The second-order valence-electron chi connectivity index (χ2n) is 6.46. The molecule has 0 atom stereocenters. The van der Waals surface area contributed by atoms with Crippen LogP contribution in [0.5, 0.6) is 0 Å². The highest BCUT2D eigenvalue weighted by atomic mass is 35.5. The summed E-state index contributed by atoms with van der Waals surface area (Å²) in [7, 11) is 0. The summed E-state index contributed by atoms with van der Waals surface area (Å²) in [4.78, 5) is 18.8. The maximum Gasteiger partial charge on any atom is 0.256 e. The van der Waals surface area contributed by atoms with Gasteiger partial charge >= 0.3 is 0 Å². The molecule has 118 valence electrons. The molecule has 0 unspecified atom stereocenters. The van der Waals surface area contributed by atoms with E-state index >= 15 is 0 Å². The van der Waals surface area contributed by atoms with Gasteiger partial charge in [-0.25, -0.2) is 0 Å². The molecule has 21 heavy (non-hydrogen) atoms. The number of amides is 1. The lowest BCUT2D eigenvalue weighted by molar-refractivity contribution is 0.0740. The zero-order chi connectivity index (χ0) is 16.0. The fourth-order valence-electron chi connectivity index (χ4n) is 2.00. The predicted molar refractivity (Wildman–Crippen MR) is 88.8 cm³/mol. The first kappa shape index (κ1) is 18.0. The third kappa shape index (κ3) is 6.04. The Labute approximate surface area is 133 Å². The molecule has 0 bridgehead atoms. The van der Waals surface area contributed by atoms with Crippen LogP contribution < -0.4 is 0 Å². The lowest BCUT2D eigenvalue weighted by Crippen LogP contribution is -2.34. The van der Waals surface area contributed by atoms with E-state index in [0.717, 1.165) is 31.6 Å². The van der Waals surface area contributed by atoms with E-state index in [1.165, 1.54) is 0 Å². The summed E-state index contributed by atoms with van der Waals surface area (Å²) in [5, 5.41) is 0.492. The topological polar surface area (TPSA) is 33.2 Å². The maximum absolute atomic E-state index is 12.7. The average Bonchev–Trinajstić information content (AvgIpc) is 2.37. The zero-order valence-corrected chi connectivity index (χ0v) is 14.6. The van der Waals surface area contributed by atoms with Gasteiger partial charge in [-0.2, -0.15) is 0 Å². The van der Waals surface area contributed by atoms with Crippen molar-refractivity contribution in [1.82, 2.24) is 9.88 Å². The molecular formula is C17H27ClN2O. The van der Waals surface area contributed by atoms with Crippen LogP contribution in [-0.2, 0) is 0 Å². The molecule has 0 saturated heterocycles. The summed E-state index contributed by atoms with van der Waals surface area (Å²) >= 11 is 6.21. The van der Waals surface area contributed by atoms with Crippen LogP contribution >= 0.6 is 11.6 Å². The van der Waals surface area contributed by atoms with Gasteiger partial charge in [-0.15, -0.1) is 0 Å². The number of halogens is 1. The van der Waals surface area contributed by atoms with E-state index in [2.05, 4.69) is 32.7 Å². The first-order valence-electron chi connectivity index (χ1n) is 7.72. The van der Waals surface area contributed by atoms with Gasteiger partial charge in [0.1, 0.15) is 0 Å². The minimum Gasteiger partial charge on any atom is -0.339 e. The smallest absolute Gasteiger partial charge is 0.256 e. The number of rotatable bonds is 7. The van der Waals surface area contributed by atoms with Crippen molar-refractivity contribution in [1.29, 1.82) is 0 Å². The molecule has 4 heteroatoms. The number of nitrogens with zero attached hydrogens (tertiary/aromatic N) is 2. The van der Waals surface area contributed by atoms with Gasteiger partial charge in [0.15, 0.2) is 0 Å². The monoisotopic (exact) mass is 310 g/mol. The number of aromatic nitrogens is 1. The third-order valence-electron chi connectivity index (χ3n) is 3.46. The standard InChI is InChI=1S/C17H27ClN2O/c1-12(2)6-8-20(9-7-13(3)4)17(21)15-11-19-14(5)10-16(15)18/h10-13H,6-9H2,1-5H3. The Balaban J connectivity index is 2.86. The molecule has 0 fully saturated rings. The summed E-state index contributed by atoms with van der Waals surface area (Å²) in [6.07, 6.45) is 3.60. The van der Waals surface area contributed by atoms with E-state index in [9.17, 15) is 4.79 Å². The Bertz CT molecular complexity index is 460. The molecule has 1 rings (SSSR count). The van der Waals surface area contributed by atoms with Gasteiger partial charge in [0.05, 0.1) is 10.6 Å². The second kappa shape index (κ2) is 8.38. The molecule has 0 saturated carbocycles. The maximum atomic E-state index is 12.7. The van der Waals surface area contributed by atoms with Gasteiger partial charge in [0, 0.05) is 25.0 Å². The van der Waals surface area contributed by atoms with Crippen molar-refractivity contribution in [2.45, 2.75) is 47.5 Å². The Morgan fingerprint density at radius 1 is 1.19 bits per heavy atom. The van der Waals surface area contributed by atoms with Crippen LogP contribution in [0.2, 0.25) is 5.02 Å². The molecule has 3 nitrogen and oxygen atoms in total. The first-order valence-corrected chi connectivity index (χ1v) is 8.10. The van der Waals surface area contributed by atoms with Crippen LogP contribution in [0.3, 0.4) is 0 Å². The Kier molecular flexibility index (Phi) is 7.16. The molecule has 0 spiro atoms. The van der Waals surface area contributed by atoms with Gasteiger partial charge in [-0.05, 0) is 37.7 Å². The summed E-state index contributed by atoms with van der Waals surface area (Å²) in [5.74, 6) is 1.14. The molecule has 1 aromatic heterocycles. The molecule has 0 aliphatic carbocycles. The van der Waals surface area contributed by atoms with Gasteiger partial charge in [0.25, 0.3) is 5.91 Å². The van der Waals surface area contributed by atoms with E-state index in [1.54, 1.807) is 12.3 Å². The minimum atomic E-state index is -0.00574. The highest BCUT2D eigenvalue weighted by Crippen LogP contribution is 2.19. The predicted octanol–water partition coefficient (Wildman–Crippen LogP) is 4.58. The van der Waals surface area contributed by atoms with Gasteiger partial charge in [-0.1, -0.05) is 39.3 Å². The SMILES string of the molecule is Cc1cc(Cl)c(C(=O)N(CCC(C)C)CCC(C)C)cn1. The number of aryl methyl sites for hydroxylation is 1. The second-order valence-corrected chi connectivity index (χ2v) is 6.87. The van der Waals surface area contributed by atoms with E-state index in [4.69, 9.17) is 11.6 Å². The number of hydrogen-bond donors (Lipinski definition) is 0. The Morgan fingerprint density at radius 3 is 2.14 bits per heavy atom. The minimum absolute atomic E-state index is 0.00574. The number of hydrogen-bond acceptors (Lipinski definition) is 2. The normalized spacial score (nSPS) is 11.2. The fourth-order valence-corrected chi connectivity index (χ4v) is 2.28. The van der Waals surface area contributed by atoms with Crippen molar-refractivity contribution in [3.05, 3.63) is 28.5 Å². The Morgan fingerprint density at radius 2 is 1.71 bits per heavy atom. The molecule has 0 radical (unpaired) electrons. The molecule has 0 aliphatic heterocycles. The lowest BCUT2D eigenvalue weighted by atomic mass is 10.1. The molecular weight excluding hydrogens is 284 g/mol. The Hall–Kier alpha value is -1.09.